The molecule has 1 N–H and O–H groups in total. The highest BCUT2D eigenvalue weighted by Gasteiger charge is 2.25. The second-order valence-electron chi connectivity index (χ2n) is 8.41. The number of halogens is 1. The summed E-state index contributed by atoms with van der Waals surface area (Å²) in [6.07, 6.45) is 0.105. The number of nitrogens with zero attached hydrogens (tertiary/aromatic N) is 4. The van der Waals surface area contributed by atoms with E-state index < -0.39 is 9.84 Å². The van der Waals surface area contributed by atoms with Crippen LogP contribution in [0.3, 0.4) is 0 Å². The van der Waals surface area contributed by atoms with Gasteiger partial charge in [0.05, 0.1) is 32.8 Å². The molecule has 1 saturated heterocycles. The van der Waals surface area contributed by atoms with Gasteiger partial charge in [-0.15, -0.1) is 0 Å². The van der Waals surface area contributed by atoms with Crippen molar-refractivity contribution in [1.29, 1.82) is 0 Å². The number of imidazole rings is 1. The summed E-state index contributed by atoms with van der Waals surface area (Å²) in [5.74, 6) is 0.183. The lowest BCUT2D eigenvalue weighted by Crippen LogP contribution is -2.43. The topological polar surface area (TPSA) is 114 Å². The fourth-order valence-electron chi connectivity index (χ4n) is 4.02. The van der Waals surface area contributed by atoms with Crippen molar-refractivity contribution in [2.45, 2.75) is 12.8 Å². The lowest BCUT2D eigenvalue weighted by Gasteiger charge is -2.26. The summed E-state index contributed by atoms with van der Waals surface area (Å²) in [5.41, 5.74) is 2.82. The molecule has 1 fully saturated rings. The summed E-state index contributed by atoms with van der Waals surface area (Å²) in [6, 6.07) is 10.8. The molecule has 1 aliphatic heterocycles. The van der Waals surface area contributed by atoms with Gasteiger partial charge in [-0.3, -0.25) is 9.59 Å². The predicted octanol–water partition coefficient (Wildman–Crippen LogP) is 3.80. The van der Waals surface area contributed by atoms with E-state index in [1.807, 2.05) is 29.8 Å². The molecule has 9 nitrogen and oxygen atoms in total. The Kier molecular flexibility index (Phi) is 6.24. The van der Waals surface area contributed by atoms with Crippen LogP contribution in [0.2, 0.25) is 5.02 Å². The van der Waals surface area contributed by atoms with E-state index in [0.717, 1.165) is 15.7 Å². The van der Waals surface area contributed by atoms with Crippen molar-refractivity contribution < 1.29 is 18.0 Å². The zero-order chi connectivity index (χ0) is 24.7. The van der Waals surface area contributed by atoms with E-state index in [9.17, 15) is 18.0 Å². The number of sulfone groups is 1. The molecule has 1 amide bonds. The first-order chi connectivity index (χ1) is 16.7. The van der Waals surface area contributed by atoms with Crippen LogP contribution in [0.25, 0.3) is 21.3 Å². The molecule has 35 heavy (non-hydrogen) atoms. The Morgan fingerprint density at radius 1 is 1.06 bits per heavy atom. The molecule has 0 spiro atoms. The Morgan fingerprint density at radius 3 is 2.60 bits per heavy atom. The Bertz CT molecular complexity index is 1560. The van der Waals surface area contributed by atoms with Crippen molar-refractivity contribution in [2.75, 3.05) is 29.9 Å². The van der Waals surface area contributed by atoms with Gasteiger partial charge in [-0.25, -0.2) is 18.4 Å². The third kappa shape index (κ3) is 5.02. The van der Waals surface area contributed by atoms with E-state index in [-0.39, 0.29) is 49.1 Å². The average molecular weight is 532 g/mol. The molecule has 12 heteroatoms. The Labute approximate surface area is 210 Å². The van der Waals surface area contributed by atoms with Crippen LogP contribution in [0.5, 0.6) is 0 Å². The number of ketones is 1. The number of rotatable bonds is 6. The number of carbonyl (C=O) groups is 2. The molecule has 3 heterocycles. The molecule has 0 radical (unpaired) electrons. The number of benzene rings is 2. The number of carbonyl (C=O) groups excluding carboxylic acids is 2. The van der Waals surface area contributed by atoms with Crippen LogP contribution in [0.15, 0.2) is 36.4 Å². The number of amides is 1. The maximum atomic E-state index is 12.8. The number of anilines is 2. The number of Topliss-reactive ketones (excluding diaryl/α,β-unsaturated/α-hetero) is 1. The van der Waals surface area contributed by atoms with E-state index >= 15 is 0 Å². The third-order valence-electron chi connectivity index (χ3n) is 6.04. The van der Waals surface area contributed by atoms with Crippen LogP contribution in [0, 0.1) is 0 Å². The fraction of sp³-hybridized carbons (Fsp3) is 0.304. The number of hydrogen-bond donors (Lipinski definition) is 1. The number of aryl methyl sites for hydroxylation is 1. The minimum atomic E-state index is -3.06. The molecule has 5 rings (SSSR count). The van der Waals surface area contributed by atoms with Crippen molar-refractivity contribution in [3.63, 3.8) is 0 Å². The summed E-state index contributed by atoms with van der Waals surface area (Å²) in [6.45, 7) is 0.374. The van der Waals surface area contributed by atoms with Gasteiger partial charge in [-0.05, 0) is 36.4 Å². The lowest BCUT2D eigenvalue weighted by molar-refractivity contribution is -0.130. The molecule has 4 aromatic rings. The number of fused-ring (bicyclic) bond motifs is 2. The molecule has 2 aromatic carbocycles. The molecule has 182 valence electrons. The maximum absolute atomic E-state index is 12.8. The number of aromatic nitrogens is 3. The molecule has 0 unspecified atom stereocenters. The first kappa shape index (κ1) is 23.7. The summed E-state index contributed by atoms with van der Waals surface area (Å²) in [4.78, 5) is 35.9. The second kappa shape index (κ2) is 9.21. The fourth-order valence-corrected chi connectivity index (χ4v) is 6.35. The highest BCUT2D eigenvalue weighted by molar-refractivity contribution is 7.91. The van der Waals surface area contributed by atoms with Gasteiger partial charge in [0.25, 0.3) is 0 Å². The number of thiazole rings is 1. The SMILES string of the molecule is Cn1c(Nc2nc3ccc(Cl)cc3s2)nc2cc(C(=O)CCC(=O)N3CCS(=O)(=O)CC3)ccc21. The van der Waals surface area contributed by atoms with Gasteiger partial charge in [-0.1, -0.05) is 22.9 Å². The summed E-state index contributed by atoms with van der Waals surface area (Å²) in [7, 11) is -1.18. The zero-order valence-corrected chi connectivity index (χ0v) is 21.2. The molecule has 0 aliphatic carbocycles. The number of hydrogen-bond acceptors (Lipinski definition) is 8. The molecular formula is C23H22ClN5O4S2. The lowest BCUT2D eigenvalue weighted by atomic mass is 10.1. The molecule has 0 atom stereocenters. The first-order valence-corrected chi connectivity index (χ1v) is 14.0. The molecule has 0 bridgehead atoms. The monoisotopic (exact) mass is 531 g/mol. The van der Waals surface area contributed by atoms with E-state index in [1.54, 1.807) is 18.2 Å². The molecule has 1 aliphatic rings. The van der Waals surface area contributed by atoms with Crippen molar-refractivity contribution in [2.24, 2.45) is 7.05 Å². The van der Waals surface area contributed by atoms with Crippen LogP contribution >= 0.6 is 22.9 Å². The van der Waals surface area contributed by atoms with Gasteiger partial charge in [0.2, 0.25) is 11.9 Å². The minimum Gasteiger partial charge on any atom is -0.341 e. The third-order valence-corrected chi connectivity index (χ3v) is 8.81. The van der Waals surface area contributed by atoms with Gasteiger partial charge in [0.1, 0.15) is 0 Å². The minimum absolute atomic E-state index is 0.0236. The van der Waals surface area contributed by atoms with Crippen LogP contribution in [0.1, 0.15) is 23.2 Å². The molecule has 2 aromatic heterocycles. The Morgan fingerprint density at radius 2 is 1.83 bits per heavy atom. The number of nitrogens with one attached hydrogen (secondary N) is 1. The van der Waals surface area contributed by atoms with E-state index in [1.165, 1.54) is 16.2 Å². The zero-order valence-electron chi connectivity index (χ0n) is 18.8. The van der Waals surface area contributed by atoms with Crippen molar-refractivity contribution in [3.8, 4) is 0 Å². The van der Waals surface area contributed by atoms with Gasteiger partial charge < -0.3 is 14.8 Å². The summed E-state index contributed by atoms with van der Waals surface area (Å²) >= 11 is 7.54. The molecular weight excluding hydrogens is 510 g/mol. The predicted molar refractivity (Wildman–Crippen MR) is 137 cm³/mol. The average Bonchev–Trinajstić information content (AvgIpc) is 3.36. The summed E-state index contributed by atoms with van der Waals surface area (Å²) < 4.78 is 25.9. The second-order valence-corrected chi connectivity index (χ2v) is 12.2. The van der Waals surface area contributed by atoms with Gasteiger partial charge in [0, 0.05) is 43.6 Å². The smallest absolute Gasteiger partial charge is 0.223 e. The van der Waals surface area contributed by atoms with E-state index in [4.69, 9.17) is 11.6 Å². The highest BCUT2D eigenvalue weighted by atomic mass is 35.5. The van der Waals surface area contributed by atoms with Gasteiger partial charge in [-0.2, -0.15) is 0 Å². The standard InChI is InChI=1S/C23H22ClN5O4S2/c1-28-18-5-2-14(19(30)6-7-21(31)29-8-10-35(32,33)11-9-29)12-17(18)25-22(28)27-23-26-16-4-3-15(24)13-20(16)34-23/h2-5,12-13H,6-11H2,1H3,(H,25,26,27). The van der Waals surface area contributed by atoms with Crippen LogP contribution in [0.4, 0.5) is 11.1 Å². The van der Waals surface area contributed by atoms with Crippen molar-refractivity contribution in [3.05, 3.63) is 47.0 Å². The quantitative estimate of drug-likeness (QED) is 0.376. The van der Waals surface area contributed by atoms with Crippen LogP contribution in [-0.4, -0.2) is 64.1 Å². The van der Waals surface area contributed by atoms with E-state index in [2.05, 4.69) is 15.3 Å². The maximum Gasteiger partial charge on any atom is 0.223 e. The van der Waals surface area contributed by atoms with Crippen molar-refractivity contribution >= 4 is 76.8 Å². The van der Waals surface area contributed by atoms with Crippen molar-refractivity contribution in [1.82, 2.24) is 19.4 Å². The van der Waals surface area contributed by atoms with Crippen LogP contribution in [-0.2, 0) is 21.7 Å². The highest BCUT2D eigenvalue weighted by Crippen LogP contribution is 2.31. The van der Waals surface area contributed by atoms with E-state index in [0.29, 0.717) is 27.2 Å². The Balaban J connectivity index is 1.27. The Hall–Kier alpha value is -3.02. The van der Waals surface area contributed by atoms with Gasteiger partial charge in [0.15, 0.2) is 20.8 Å². The normalized spacial score (nSPS) is 15.5. The summed E-state index contributed by atoms with van der Waals surface area (Å²) in [5, 5.41) is 4.57. The largest absolute Gasteiger partial charge is 0.341 e. The van der Waals surface area contributed by atoms with Crippen LogP contribution < -0.4 is 5.32 Å². The molecule has 0 saturated carbocycles. The van der Waals surface area contributed by atoms with Gasteiger partial charge >= 0.3 is 0 Å². The first-order valence-electron chi connectivity index (χ1n) is 11.0.